The van der Waals surface area contributed by atoms with Crippen molar-refractivity contribution in [3.05, 3.63) is 45.9 Å². The number of aromatic nitrogens is 1. The number of ether oxygens (including phenoxy) is 2. The molecule has 29 heavy (non-hydrogen) atoms. The Bertz CT molecular complexity index is 746. The van der Waals surface area contributed by atoms with E-state index in [1.165, 1.54) is 5.56 Å². The smallest absolute Gasteiger partial charge is 0.194 e. The second-order valence-electron chi connectivity index (χ2n) is 6.95. The van der Waals surface area contributed by atoms with Gasteiger partial charge in [0.25, 0.3) is 0 Å². The van der Waals surface area contributed by atoms with Crippen LogP contribution < -0.4 is 10.1 Å². The molecule has 2 aromatic rings. The van der Waals surface area contributed by atoms with Gasteiger partial charge in [-0.15, -0.1) is 11.3 Å². The number of methoxy groups -OCH3 is 2. The molecule has 1 unspecified atom stereocenters. The standard InChI is InChI=1S/C22H34N4O2S/c1-6-23-22(26(3)15-19-16-29-21(25-19)17(2)27-4)24-14-8-7-9-18-10-12-20(28-5)13-11-18/h10-13,16-17H,6-9,14-15H2,1-5H3,(H,23,24). The molecule has 160 valence electrons. The van der Waals surface area contributed by atoms with Crippen molar-refractivity contribution in [2.75, 3.05) is 34.4 Å². The van der Waals surface area contributed by atoms with Crippen molar-refractivity contribution in [2.45, 2.75) is 45.8 Å². The molecule has 1 atom stereocenters. The van der Waals surface area contributed by atoms with E-state index in [-0.39, 0.29) is 6.10 Å². The first kappa shape index (κ1) is 23.2. The highest BCUT2D eigenvalue weighted by molar-refractivity contribution is 7.09. The zero-order valence-electron chi connectivity index (χ0n) is 18.3. The number of nitrogens with one attached hydrogen (secondary N) is 1. The van der Waals surface area contributed by atoms with Gasteiger partial charge in [0.1, 0.15) is 16.9 Å². The molecule has 0 aliphatic carbocycles. The van der Waals surface area contributed by atoms with Crippen molar-refractivity contribution >= 4 is 17.3 Å². The van der Waals surface area contributed by atoms with Gasteiger partial charge in [0.2, 0.25) is 0 Å². The third kappa shape index (κ3) is 7.66. The highest BCUT2D eigenvalue weighted by atomic mass is 32.1. The van der Waals surface area contributed by atoms with Crippen LogP contribution in [0, 0.1) is 0 Å². The minimum Gasteiger partial charge on any atom is -0.497 e. The van der Waals surface area contributed by atoms with E-state index in [1.54, 1.807) is 25.6 Å². The first-order valence-corrected chi connectivity index (χ1v) is 11.0. The summed E-state index contributed by atoms with van der Waals surface area (Å²) < 4.78 is 10.6. The summed E-state index contributed by atoms with van der Waals surface area (Å²) in [5.74, 6) is 1.83. The van der Waals surface area contributed by atoms with Gasteiger partial charge in [-0.2, -0.15) is 0 Å². The fourth-order valence-electron chi connectivity index (χ4n) is 2.89. The molecule has 0 aliphatic rings. The van der Waals surface area contributed by atoms with E-state index in [1.807, 2.05) is 19.1 Å². The van der Waals surface area contributed by atoms with Gasteiger partial charge in [0.15, 0.2) is 5.96 Å². The lowest BCUT2D eigenvalue weighted by Crippen LogP contribution is -2.38. The molecule has 0 aliphatic heterocycles. The van der Waals surface area contributed by atoms with E-state index < -0.39 is 0 Å². The van der Waals surface area contributed by atoms with E-state index in [9.17, 15) is 0 Å². The summed E-state index contributed by atoms with van der Waals surface area (Å²) in [6, 6.07) is 8.30. The highest BCUT2D eigenvalue weighted by Crippen LogP contribution is 2.21. The minimum atomic E-state index is 0.0339. The Balaban J connectivity index is 1.81. The molecule has 1 aromatic carbocycles. The van der Waals surface area contributed by atoms with Gasteiger partial charge in [-0.05, 0) is 50.8 Å². The molecular weight excluding hydrogens is 384 g/mol. The van der Waals surface area contributed by atoms with Gasteiger partial charge in [-0.1, -0.05) is 12.1 Å². The van der Waals surface area contributed by atoms with E-state index in [4.69, 9.17) is 14.5 Å². The molecule has 1 aromatic heterocycles. The molecule has 1 N–H and O–H groups in total. The average molecular weight is 419 g/mol. The Morgan fingerprint density at radius 3 is 2.66 bits per heavy atom. The maximum Gasteiger partial charge on any atom is 0.194 e. The third-order valence-corrected chi connectivity index (χ3v) is 5.72. The van der Waals surface area contributed by atoms with Crippen molar-refractivity contribution in [1.29, 1.82) is 0 Å². The molecule has 0 spiro atoms. The molecule has 0 bridgehead atoms. The summed E-state index contributed by atoms with van der Waals surface area (Å²) in [5, 5.41) is 6.49. The molecule has 0 amide bonds. The SMILES string of the molecule is CCNC(=NCCCCc1ccc(OC)cc1)N(C)Cc1csc(C(C)OC)n1. The summed E-state index contributed by atoms with van der Waals surface area (Å²) in [5.41, 5.74) is 2.38. The number of thiazole rings is 1. The van der Waals surface area contributed by atoms with Crippen LogP contribution in [0.5, 0.6) is 5.75 Å². The molecule has 6 nitrogen and oxygen atoms in total. The zero-order valence-corrected chi connectivity index (χ0v) is 19.1. The number of guanidine groups is 1. The van der Waals surface area contributed by atoms with Crippen LogP contribution in [0.1, 0.15) is 49.1 Å². The van der Waals surface area contributed by atoms with Gasteiger partial charge in [-0.3, -0.25) is 4.99 Å². The number of benzene rings is 1. The van der Waals surface area contributed by atoms with Crippen LogP contribution in [0.2, 0.25) is 0 Å². The largest absolute Gasteiger partial charge is 0.497 e. The summed E-state index contributed by atoms with van der Waals surface area (Å²) in [6.07, 6.45) is 3.27. The lowest BCUT2D eigenvalue weighted by Gasteiger charge is -2.21. The first-order valence-electron chi connectivity index (χ1n) is 10.2. The molecule has 1 heterocycles. The number of aliphatic imine (C=N–C) groups is 1. The van der Waals surface area contributed by atoms with Crippen LogP contribution in [-0.4, -0.2) is 50.2 Å². The summed E-state index contributed by atoms with van der Waals surface area (Å²) in [4.78, 5) is 11.6. The van der Waals surface area contributed by atoms with Crippen LogP contribution in [0.3, 0.4) is 0 Å². The van der Waals surface area contributed by atoms with Crippen molar-refractivity contribution < 1.29 is 9.47 Å². The minimum absolute atomic E-state index is 0.0339. The summed E-state index contributed by atoms with van der Waals surface area (Å²) in [7, 11) is 5.46. The second kappa shape index (κ2) is 12.4. The molecule has 7 heteroatoms. The number of nitrogens with zero attached hydrogens (tertiary/aromatic N) is 3. The Morgan fingerprint density at radius 2 is 2.00 bits per heavy atom. The van der Waals surface area contributed by atoms with Crippen molar-refractivity contribution in [2.24, 2.45) is 4.99 Å². The first-order chi connectivity index (χ1) is 14.1. The number of unbranched alkanes of at least 4 members (excludes halogenated alkanes) is 1. The Hall–Kier alpha value is -2.12. The van der Waals surface area contributed by atoms with Crippen LogP contribution in [0.15, 0.2) is 34.6 Å². The van der Waals surface area contributed by atoms with Crippen LogP contribution >= 0.6 is 11.3 Å². The van der Waals surface area contributed by atoms with Gasteiger partial charge >= 0.3 is 0 Å². The molecule has 0 fully saturated rings. The van der Waals surface area contributed by atoms with Gasteiger partial charge in [0, 0.05) is 32.6 Å². The molecular formula is C22H34N4O2S. The lowest BCUT2D eigenvalue weighted by atomic mass is 10.1. The quantitative estimate of drug-likeness (QED) is 0.335. The number of hydrogen-bond donors (Lipinski definition) is 1. The Morgan fingerprint density at radius 1 is 1.24 bits per heavy atom. The monoisotopic (exact) mass is 418 g/mol. The highest BCUT2D eigenvalue weighted by Gasteiger charge is 2.12. The topological polar surface area (TPSA) is 59.0 Å². The summed E-state index contributed by atoms with van der Waals surface area (Å²) in [6.45, 7) is 6.49. The predicted octanol–water partition coefficient (Wildman–Crippen LogP) is 4.28. The van der Waals surface area contributed by atoms with Gasteiger partial charge in [0.05, 0.1) is 19.3 Å². The van der Waals surface area contributed by atoms with Gasteiger partial charge < -0.3 is 19.7 Å². The summed E-state index contributed by atoms with van der Waals surface area (Å²) >= 11 is 1.64. The van der Waals surface area contributed by atoms with E-state index >= 15 is 0 Å². The van der Waals surface area contributed by atoms with E-state index in [2.05, 4.69) is 46.7 Å². The Kier molecular flexibility index (Phi) is 9.94. The average Bonchev–Trinajstić information content (AvgIpc) is 3.21. The maximum atomic E-state index is 5.35. The second-order valence-corrected chi connectivity index (χ2v) is 7.84. The molecule has 2 rings (SSSR count). The van der Waals surface area contributed by atoms with Crippen molar-refractivity contribution in [1.82, 2.24) is 15.2 Å². The molecule has 0 saturated heterocycles. The third-order valence-electron chi connectivity index (χ3n) is 4.66. The van der Waals surface area contributed by atoms with Crippen molar-refractivity contribution in [3.63, 3.8) is 0 Å². The maximum absolute atomic E-state index is 5.35. The van der Waals surface area contributed by atoms with E-state index in [0.717, 1.165) is 61.3 Å². The van der Waals surface area contributed by atoms with Crippen LogP contribution in [0.25, 0.3) is 0 Å². The van der Waals surface area contributed by atoms with Crippen LogP contribution in [-0.2, 0) is 17.7 Å². The van der Waals surface area contributed by atoms with Crippen LogP contribution in [0.4, 0.5) is 0 Å². The predicted molar refractivity (Wildman–Crippen MR) is 121 cm³/mol. The number of rotatable bonds is 11. The molecule has 0 radical (unpaired) electrons. The molecule has 0 saturated carbocycles. The number of aryl methyl sites for hydroxylation is 1. The Labute approximate surface area is 179 Å². The fourth-order valence-corrected chi connectivity index (χ4v) is 3.73. The van der Waals surface area contributed by atoms with E-state index in [0.29, 0.717) is 0 Å². The lowest BCUT2D eigenvalue weighted by molar-refractivity contribution is 0.119. The van der Waals surface area contributed by atoms with Crippen molar-refractivity contribution in [3.8, 4) is 5.75 Å². The fraction of sp³-hybridized carbons (Fsp3) is 0.545. The zero-order chi connectivity index (χ0) is 21.1. The van der Waals surface area contributed by atoms with Gasteiger partial charge in [-0.25, -0.2) is 4.98 Å². The normalized spacial score (nSPS) is 12.7. The number of hydrogen-bond acceptors (Lipinski definition) is 5.